The van der Waals surface area contributed by atoms with Crippen LogP contribution in [0.2, 0.25) is 0 Å². The van der Waals surface area contributed by atoms with Crippen LogP contribution in [0, 0.1) is 0 Å². The van der Waals surface area contributed by atoms with Crippen molar-refractivity contribution in [1.29, 1.82) is 0 Å². The van der Waals surface area contributed by atoms with Crippen molar-refractivity contribution >= 4 is 0 Å². The van der Waals surface area contributed by atoms with Gasteiger partial charge in [-0.2, -0.15) is 0 Å². The lowest BCUT2D eigenvalue weighted by Gasteiger charge is -2.39. The first-order valence-corrected chi connectivity index (χ1v) is 6.07. The SMILES string of the molecule is CCC(O)(CC)CN1CCCCC1C. The minimum Gasteiger partial charge on any atom is -0.389 e. The Labute approximate surface area is 88.3 Å². The van der Waals surface area contributed by atoms with Gasteiger partial charge in [-0.25, -0.2) is 0 Å². The van der Waals surface area contributed by atoms with Gasteiger partial charge in [0.2, 0.25) is 0 Å². The summed E-state index contributed by atoms with van der Waals surface area (Å²) in [5, 5.41) is 10.3. The molecule has 1 atom stereocenters. The number of likely N-dealkylation sites (tertiary alicyclic amines) is 1. The van der Waals surface area contributed by atoms with Crippen molar-refractivity contribution in [3.8, 4) is 0 Å². The fourth-order valence-electron chi connectivity index (χ4n) is 2.24. The molecule has 1 fully saturated rings. The summed E-state index contributed by atoms with van der Waals surface area (Å²) in [7, 11) is 0. The molecule has 0 aromatic carbocycles. The summed E-state index contributed by atoms with van der Waals surface area (Å²) >= 11 is 0. The maximum absolute atomic E-state index is 10.3. The number of rotatable bonds is 4. The standard InChI is InChI=1S/C12H25NO/c1-4-12(14,5-2)10-13-9-7-6-8-11(13)3/h11,14H,4-10H2,1-3H3. The molecule has 1 rings (SSSR count). The molecule has 1 heterocycles. The Bertz CT molecular complexity index is 166. The number of hydrogen-bond donors (Lipinski definition) is 1. The van der Waals surface area contributed by atoms with E-state index in [2.05, 4.69) is 25.7 Å². The van der Waals surface area contributed by atoms with Crippen molar-refractivity contribution in [2.45, 2.75) is 64.5 Å². The molecule has 0 aromatic heterocycles. The van der Waals surface area contributed by atoms with E-state index in [4.69, 9.17) is 0 Å². The number of piperidine rings is 1. The van der Waals surface area contributed by atoms with Crippen LogP contribution >= 0.6 is 0 Å². The molecule has 0 bridgehead atoms. The van der Waals surface area contributed by atoms with Gasteiger partial charge in [-0.15, -0.1) is 0 Å². The Balaban J connectivity index is 2.48. The average molecular weight is 199 g/mol. The molecule has 1 aliphatic rings. The molecule has 2 heteroatoms. The summed E-state index contributed by atoms with van der Waals surface area (Å²) in [6, 6.07) is 0.661. The highest BCUT2D eigenvalue weighted by molar-refractivity contribution is 4.83. The fraction of sp³-hybridized carbons (Fsp3) is 1.00. The van der Waals surface area contributed by atoms with E-state index in [0.717, 1.165) is 19.4 Å². The smallest absolute Gasteiger partial charge is 0.0769 e. The van der Waals surface area contributed by atoms with Gasteiger partial charge >= 0.3 is 0 Å². The monoisotopic (exact) mass is 199 g/mol. The number of nitrogens with zero attached hydrogens (tertiary/aromatic N) is 1. The van der Waals surface area contributed by atoms with Crippen LogP contribution in [0.4, 0.5) is 0 Å². The number of aliphatic hydroxyl groups is 1. The molecule has 0 saturated carbocycles. The zero-order valence-electron chi connectivity index (χ0n) is 9.92. The molecule has 1 saturated heterocycles. The molecule has 14 heavy (non-hydrogen) atoms. The second-order valence-electron chi connectivity index (χ2n) is 4.75. The molecule has 84 valence electrons. The quantitative estimate of drug-likeness (QED) is 0.751. The second kappa shape index (κ2) is 5.13. The predicted molar refractivity (Wildman–Crippen MR) is 60.4 cm³/mol. The fourth-order valence-corrected chi connectivity index (χ4v) is 2.24. The van der Waals surface area contributed by atoms with Gasteiger partial charge in [0.25, 0.3) is 0 Å². The molecular weight excluding hydrogens is 174 g/mol. The van der Waals surface area contributed by atoms with Gasteiger partial charge in [0.15, 0.2) is 0 Å². The van der Waals surface area contributed by atoms with E-state index in [1.165, 1.54) is 25.8 Å². The van der Waals surface area contributed by atoms with Gasteiger partial charge in [0.05, 0.1) is 5.60 Å². The average Bonchev–Trinajstić information content (AvgIpc) is 2.21. The molecule has 0 aromatic rings. The van der Waals surface area contributed by atoms with Crippen LogP contribution in [0.15, 0.2) is 0 Å². The van der Waals surface area contributed by atoms with Gasteiger partial charge in [-0.05, 0) is 39.2 Å². The molecule has 0 amide bonds. The summed E-state index contributed by atoms with van der Waals surface area (Å²) in [5.41, 5.74) is -0.453. The molecule has 1 aliphatic heterocycles. The van der Waals surface area contributed by atoms with Crippen molar-refractivity contribution in [3.05, 3.63) is 0 Å². The normalized spacial score (nSPS) is 25.3. The third-order valence-electron chi connectivity index (χ3n) is 3.75. The summed E-state index contributed by atoms with van der Waals surface area (Å²) in [6.45, 7) is 8.48. The molecule has 2 nitrogen and oxygen atoms in total. The van der Waals surface area contributed by atoms with E-state index < -0.39 is 5.60 Å². The Morgan fingerprint density at radius 1 is 1.29 bits per heavy atom. The van der Waals surface area contributed by atoms with E-state index >= 15 is 0 Å². The second-order valence-corrected chi connectivity index (χ2v) is 4.75. The lowest BCUT2D eigenvalue weighted by atomic mass is 9.94. The zero-order valence-corrected chi connectivity index (χ0v) is 9.92. The Kier molecular flexibility index (Phi) is 4.39. The van der Waals surface area contributed by atoms with Crippen LogP contribution in [0.5, 0.6) is 0 Å². The number of hydrogen-bond acceptors (Lipinski definition) is 2. The highest BCUT2D eigenvalue weighted by atomic mass is 16.3. The van der Waals surface area contributed by atoms with Crippen LogP contribution in [-0.2, 0) is 0 Å². The van der Waals surface area contributed by atoms with Crippen molar-refractivity contribution in [2.24, 2.45) is 0 Å². The van der Waals surface area contributed by atoms with Crippen LogP contribution in [-0.4, -0.2) is 34.7 Å². The maximum atomic E-state index is 10.3. The summed E-state index contributed by atoms with van der Waals surface area (Å²) in [5.74, 6) is 0. The Morgan fingerprint density at radius 3 is 2.43 bits per heavy atom. The zero-order chi connectivity index (χ0) is 10.6. The van der Waals surface area contributed by atoms with E-state index in [1.54, 1.807) is 0 Å². The van der Waals surface area contributed by atoms with Crippen LogP contribution in [0.25, 0.3) is 0 Å². The number of β-amino-alcohol motifs (C(OH)–C–C–N with tert-alkyl or cyclic N) is 1. The van der Waals surface area contributed by atoms with Gasteiger partial charge in [-0.3, -0.25) is 4.90 Å². The van der Waals surface area contributed by atoms with Gasteiger partial charge in [0.1, 0.15) is 0 Å². The van der Waals surface area contributed by atoms with Crippen LogP contribution in [0.1, 0.15) is 52.9 Å². The molecule has 0 spiro atoms. The Hall–Kier alpha value is -0.0800. The first-order valence-electron chi connectivity index (χ1n) is 6.07. The third-order valence-corrected chi connectivity index (χ3v) is 3.75. The Morgan fingerprint density at radius 2 is 1.93 bits per heavy atom. The minimum atomic E-state index is -0.453. The molecule has 0 aliphatic carbocycles. The first kappa shape index (κ1) is 12.0. The van der Waals surface area contributed by atoms with Gasteiger partial charge in [0, 0.05) is 12.6 Å². The van der Waals surface area contributed by atoms with Crippen molar-refractivity contribution in [1.82, 2.24) is 4.90 Å². The van der Waals surface area contributed by atoms with E-state index in [0.29, 0.717) is 6.04 Å². The van der Waals surface area contributed by atoms with Crippen LogP contribution in [0.3, 0.4) is 0 Å². The third kappa shape index (κ3) is 2.96. The molecule has 0 radical (unpaired) electrons. The lowest BCUT2D eigenvalue weighted by molar-refractivity contribution is -0.0201. The van der Waals surface area contributed by atoms with Crippen LogP contribution < -0.4 is 0 Å². The van der Waals surface area contributed by atoms with Gasteiger partial charge < -0.3 is 5.11 Å². The van der Waals surface area contributed by atoms with Crippen molar-refractivity contribution in [3.63, 3.8) is 0 Å². The topological polar surface area (TPSA) is 23.5 Å². The molecule has 1 N–H and O–H groups in total. The maximum Gasteiger partial charge on any atom is 0.0769 e. The summed E-state index contributed by atoms with van der Waals surface area (Å²) < 4.78 is 0. The van der Waals surface area contributed by atoms with Crippen molar-refractivity contribution < 1.29 is 5.11 Å². The van der Waals surface area contributed by atoms with E-state index in [1.807, 2.05) is 0 Å². The van der Waals surface area contributed by atoms with Gasteiger partial charge in [-0.1, -0.05) is 20.3 Å². The summed E-state index contributed by atoms with van der Waals surface area (Å²) in [4.78, 5) is 2.45. The highest BCUT2D eigenvalue weighted by Crippen LogP contribution is 2.22. The minimum absolute atomic E-state index is 0.453. The van der Waals surface area contributed by atoms with E-state index in [9.17, 15) is 5.11 Å². The predicted octanol–water partition coefficient (Wildman–Crippen LogP) is 2.41. The highest BCUT2D eigenvalue weighted by Gasteiger charge is 2.28. The molecule has 1 unspecified atom stereocenters. The largest absolute Gasteiger partial charge is 0.389 e. The lowest BCUT2D eigenvalue weighted by Crippen LogP contribution is -2.47. The molecular formula is C12H25NO. The first-order chi connectivity index (χ1) is 6.61. The van der Waals surface area contributed by atoms with Crippen molar-refractivity contribution in [2.75, 3.05) is 13.1 Å². The summed E-state index contributed by atoms with van der Waals surface area (Å²) in [6.07, 6.45) is 5.69. The van der Waals surface area contributed by atoms with E-state index in [-0.39, 0.29) is 0 Å².